The highest BCUT2D eigenvalue weighted by Crippen LogP contribution is 2.35. The van der Waals surface area contributed by atoms with Gasteiger partial charge in [-0.25, -0.2) is 18.0 Å². The number of ether oxygens (including phenoxy) is 2. The van der Waals surface area contributed by atoms with Gasteiger partial charge in [-0.05, 0) is 36.9 Å². The van der Waals surface area contributed by atoms with Crippen molar-refractivity contribution in [1.82, 2.24) is 15.5 Å². The lowest BCUT2D eigenvalue weighted by Gasteiger charge is -2.33. The van der Waals surface area contributed by atoms with E-state index < -0.39 is 53.3 Å². The van der Waals surface area contributed by atoms with Crippen molar-refractivity contribution in [2.24, 2.45) is 0 Å². The summed E-state index contributed by atoms with van der Waals surface area (Å²) in [5.41, 5.74) is -4.78. The number of esters is 1. The van der Waals surface area contributed by atoms with Crippen molar-refractivity contribution in [1.29, 1.82) is 0 Å². The van der Waals surface area contributed by atoms with Crippen molar-refractivity contribution in [2.45, 2.75) is 41.2 Å². The minimum Gasteiger partial charge on any atom is -0.462 e. The highest BCUT2D eigenvalue weighted by atomic mass is 32.2. The molecule has 3 N–H and O–H groups in total. The Balaban J connectivity index is 2.20. The Labute approximate surface area is 219 Å². The number of carbonyl (C=O) groups is 2. The van der Waals surface area contributed by atoms with Crippen LogP contribution in [0.1, 0.15) is 13.8 Å². The summed E-state index contributed by atoms with van der Waals surface area (Å²) in [6.45, 7) is -0.268. The number of halogens is 6. The minimum atomic E-state index is -5.87. The second-order valence-electron chi connectivity index (χ2n) is 6.82. The Morgan fingerprint density at radius 3 is 2.21 bits per heavy atom. The molecular formula is C18H19F6N5O6S3. The van der Waals surface area contributed by atoms with Gasteiger partial charge in [-0.3, -0.25) is 10.0 Å². The Morgan fingerprint density at radius 2 is 1.68 bits per heavy atom. The molecular weight excluding hydrogens is 592 g/mol. The average Bonchev–Trinajstić information content (AvgIpc) is 3.22. The number of nitrogens with zero attached hydrogens (tertiary/aromatic N) is 2. The topological polar surface area (TPSA) is 149 Å². The van der Waals surface area contributed by atoms with Crippen LogP contribution in [0.3, 0.4) is 0 Å². The zero-order chi connectivity index (χ0) is 28.8. The lowest BCUT2D eigenvalue weighted by atomic mass is 10.2. The van der Waals surface area contributed by atoms with Crippen molar-refractivity contribution in [2.75, 3.05) is 29.0 Å². The third-order valence-electron chi connectivity index (χ3n) is 4.02. The molecule has 2 aromatic rings. The molecule has 0 radical (unpaired) electrons. The molecule has 1 aromatic carbocycles. The number of alkyl halides is 6. The minimum absolute atomic E-state index is 0.0242. The van der Waals surface area contributed by atoms with Crippen LogP contribution in [-0.2, 0) is 24.3 Å². The van der Waals surface area contributed by atoms with Gasteiger partial charge in [0.05, 0.1) is 11.5 Å². The van der Waals surface area contributed by atoms with Crippen LogP contribution in [0.25, 0.3) is 0 Å². The summed E-state index contributed by atoms with van der Waals surface area (Å²) in [5.74, 6) is -1.65. The number of sulfonamides is 1. The molecule has 212 valence electrons. The maximum absolute atomic E-state index is 13.7. The number of carbonyl (C=O) groups excluding carboxylic acids is 2. The first-order valence-electron chi connectivity index (χ1n) is 10.2. The number of hydrogen-bond acceptors (Lipinski definition) is 10. The van der Waals surface area contributed by atoms with Crippen LogP contribution in [0.5, 0.6) is 0 Å². The molecule has 0 spiro atoms. The van der Waals surface area contributed by atoms with Gasteiger partial charge < -0.3 is 14.8 Å². The van der Waals surface area contributed by atoms with E-state index in [0.29, 0.717) is 10.1 Å². The van der Waals surface area contributed by atoms with E-state index in [1.54, 1.807) is 0 Å². The van der Waals surface area contributed by atoms with Crippen molar-refractivity contribution in [3.63, 3.8) is 0 Å². The van der Waals surface area contributed by atoms with Crippen LogP contribution in [-0.4, -0.2) is 67.7 Å². The molecule has 11 nitrogen and oxygen atoms in total. The molecule has 0 aliphatic heterocycles. The van der Waals surface area contributed by atoms with E-state index in [1.165, 1.54) is 11.8 Å². The second-order valence-corrected chi connectivity index (χ2v) is 11.0. The van der Waals surface area contributed by atoms with E-state index >= 15 is 0 Å². The third kappa shape index (κ3) is 8.33. The molecule has 1 aromatic heterocycles. The van der Waals surface area contributed by atoms with Crippen molar-refractivity contribution in [3.05, 3.63) is 24.3 Å². The average molecular weight is 612 g/mol. The molecule has 0 saturated heterocycles. The monoisotopic (exact) mass is 611 g/mol. The summed E-state index contributed by atoms with van der Waals surface area (Å²) in [4.78, 5) is 23.9. The predicted molar refractivity (Wildman–Crippen MR) is 123 cm³/mol. The molecule has 0 aliphatic rings. The van der Waals surface area contributed by atoms with Crippen LogP contribution >= 0.6 is 23.1 Å². The van der Waals surface area contributed by atoms with Crippen LogP contribution in [0.4, 0.5) is 42.0 Å². The molecule has 1 atom stereocenters. The number of nitrogens with one attached hydrogen (secondary N) is 3. The highest BCUT2D eigenvalue weighted by molar-refractivity contribution is 8.01. The maximum Gasteiger partial charge on any atom is 0.448 e. The quantitative estimate of drug-likeness (QED) is 0.149. The lowest BCUT2D eigenvalue weighted by molar-refractivity contribution is -0.305. The summed E-state index contributed by atoms with van der Waals surface area (Å²) in [7, 11) is -4.16. The van der Waals surface area contributed by atoms with E-state index in [1.807, 2.05) is 12.2 Å². The molecule has 2 amide bonds. The normalized spacial score (nSPS) is 13.9. The Hall–Kier alpha value is -2.84. The molecule has 1 unspecified atom stereocenters. The van der Waals surface area contributed by atoms with Gasteiger partial charge in [-0.1, -0.05) is 30.0 Å². The predicted octanol–water partition coefficient (Wildman–Crippen LogP) is 3.97. The molecule has 0 fully saturated rings. The molecule has 0 bridgehead atoms. The zero-order valence-corrected chi connectivity index (χ0v) is 21.7. The summed E-state index contributed by atoms with van der Waals surface area (Å²) < 4.78 is 115. The Kier molecular flexibility index (Phi) is 10.2. The number of hydrogen-bond donors (Lipinski definition) is 3. The van der Waals surface area contributed by atoms with Crippen LogP contribution in [0.2, 0.25) is 0 Å². The van der Waals surface area contributed by atoms with Crippen LogP contribution < -0.4 is 15.4 Å². The Morgan fingerprint density at radius 1 is 1.05 bits per heavy atom. The second kappa shape index (κ2) is 12.3. The molecule has 1 heterocycles. The number of amides is 2. The molecule has 2 rings (SSSR count). The zero-order valence-electron chi connectivity index (χ0n) is 19.3. The van der Waals surface area contributed by atoms with Crippen molar-refractivity contribution < 1.29 is 53.8 Å². The van der Waals surface area contributed by atoms with Gasteiger partial charge >= 0.3 is 30.1 Å². The smallest absolute Gasteiger partial charge is 0.448 e. The van der Waals surface area contributed by atoms with Crippen LogP contribution in [0, 0.1) is 0 Å². The molecule has 20 heteroatoms. The fourth-order valence-electron chi connectivity index (χ4n) is 2.48. The number of thioether (sulfide) groups is 1. The number of benzene rings is 1. The van der Waals surface area contributed by atoms with E-state index in [-0.39, 0.29) is 15.7 Å². The fraction of sp³-hybridized carbons (Fsp3) is 0.444. The number of anilines is 2. The van der Waals surface area contributed by atoms with Crippen LogP contribution in [0.15, 0.2) is 33.5 Å². The van der Waals surface area contributed by atoms with E-state index in [0.717, 1.165) is 47.8 Å². The van der Waals surface area contributed by atoms with E-state index in [9.17, 15) is 44.3 Å². The van der Waals surface area contributed by atoms with Gasteiger partial charge in [-0.2, -0.15) is 26.3 Å². The standard InChI is InChI=1S/C18H19F6N5O6S3/c1-3-34-12(30)17(18(22,23)24,35-9-16(19,20)21)26-13(31)25-10-5-7-11(8-6-10)38(32,33)29-14-27-28-15(37-14)36-4-2/h5-8H,3-4,9H2,1-2H3,(H,27,29)(H2,25,26,31). The number of rotatable bonds is 11. The first-order chi connectivity index (χ1) is 17.5. The highest BCUT2D eigenvalue weighted by Gasteiger charge is 2.66. The number of urea groups is 1. The van der Waals surface area contributed by atoms with Gasteiger partial charge in [0.2, 0.25) is 5.13 Å². The van der Waals surface area contributed by atoms with Gasteiger partial charge in [-0.15, -0.1) is 10.2 Å². The van der Waals surface area contributed by atoms with Gasteiger partial charge in [0.25, 0.3) is 10.0 Å². The fourth-order valence-corrected chi connectivity index (χ4v) is 5.36. The largest absolute Gasteiger partial charge is 0.462 e. The molecule has 38 heavy (non-hydrogen) atoms. The molecule has 0 aliphatic carbocycles. The SMILES string of the molecule is CCOC(=O)C(NC(=O)Nc1ccc(S(=O)(=O)Nc2nnc(SCC)s2)cc1)(OCC(F)(F)F)C(F)(F)F. The first-order valence-corrected chi connectivity index (χ1v) is 13.4. The van der Waals surface area contributed by atoms with Crippen molar-refractivity contribution >= 4 is 55.9 Å². The maximum atomic E-state index is 13.7. The first kappa shape index (κ1) is 31.4. The summed E-state index contributed by atoms with van der Waals surface area (Å²) in [6.07, 6.45) is -11.2. The van der Waals surface area contributed by atoms with Gasteiger partial charge in [0.15, 0.2) is 4.34 Å². The summed E-state index contributed by atoms with van der Waals surface area (Å²) >= 11 is 2.32. The molecule has 0 saturated carbocycles. The third-order valence-corrected chi connectivity index (χ3v) is 7.36. The van der Waals surface area contributed by atoms with Crippen molar-refractivity contribution in [3.8, 4) is 0 Å². The summed E-state index contributed by atoms with van der Waals surface area (Å²) in [5, 5.41) is 10.4. The lowest BCUT2D eigenvalue weighted by Crippen LogP contribution is -2.67. The van der Waals surface area contributed by atoms with Gasteiger partial charge in [0.1, 0.15) is 6.61 Å². The van der Waals surface area contributed by atoms with Gasteiger partial charge in [0, 0.05) is 5.69 Å². The number of aromatic nitrogens is 2. The van der Waals surface area contributed by atoms with E-state index in [2.05, 4.69) is 24.4 Å². The summed E-state index contributed by atoms with van der Waals surface area (Å²) in [6, 6.07) is 2.10. The van der Waals surface area contributed by atoms with E-state index in [4.69, 9.17) is 0 Å². The Bertz CT molecular complexity index is 1220.